The highest BCUT2D eigenvalue weighted by Crippen LogP contribution is 2.20. The van der Waals surface area contributed by atoms with Crippen LogP contribution in [0.4, 0.5) is 0 Å². The van der Waals surface area contributed by atoms with Gasteiger partial charge in [0.2, 0.25) is 5.78 Å². The maximum Gasteiger partial charge on any atom is 0.375 e. The van der Waals surface area contributed by atoms with E-state index in [1.807, 2.05) is 12.2 Å². The normalized spacial score (nSPS) is 17.1. The number of hydrogen-bond donors (Lipinski definition) is 0. The van der Waals surface area contributed by atoms with E-state index >= 15 is 0 Å². The smallest absolute Gasteiger partial charge is 0.375 e. The van der Waals surface area contributed by atoms with Gasteiger partial charge in [-0.25, -0.2) is 4.79 Å². The predicted octanol–water partition coefficient (Wildman–Crippen LogP) is 1.86. The molecule has 0 aromatic carbocycles. The van der Waals surface area contributed by atoms with Crippen molar-refractivity contribution in [3.63, 3.8) is 0 Å². The van der Waals surface area contributed by atoms with Crippen LogP contribution >= 0.6 is 0 Å². The van der Waals surface area contributed by atoms with Crippen molar-refractivity contribution in [1.82, 2.24) is 0 Å². The first-order chi connectivity index (χ1) is 6.40. The number of esters is 1. The van der Waals surface area contributed by atoms with Crippen molar-refractivity contribution in [2.24, 2.45) is 5.92 Å². The summed E-state index contributed by atoms with van der Waals surface area (Å²) < 4.78 is 5.00. The van der Waals surface area contributed by atoms with Crippen LogP contribution < -0.4 is 0 Å². The lowest BCUT2D eigenvalue weighted by atomic mass is 10.0. The largest absolute Gasteiger partial charge is 0.454 e. The molecule has 0 unspecified atom stereocenters. The molecule has 0 spiro atoms. The molecule has 14 heavy (non-hydrogen) atoms. The first-order valence-corrected chi connectivity index (χ1v) is 4.82. The first kappa shape index (κ1) is 11.0. The summed E-state index contributed by atoms with van der Waals surface area (Å²) in [6.45, 7) is 5.27. The molecular formula is C11H16O3. The minimum absolute atomic E-state index is 0.190. The molecule has 0 saturated heterocycles. The molecule has 0 aromatic rings. The van der Waals surface area contributed by atoms with Gasteiger partial charge in [0.1, 0.15) is 5.60 Å². The summed E-state index contributed by atoms with van der Waals surface area (Å²) in [4.78, 5) is 22.9. The maximum absolute atomic E-state index is 11.5. The molecule has 0 bridgehead atoms. The van der Waals surface area contributed by atoms with Gasteiger partial charge in [-0.15, -0.1) is 0 Å². The Balaban J connectivity index is 2.49. The Morgan fingerprint density at radius 2 is 1.71 bits per heavy atom. The highest BCUT2D eigenvalue weighted by molar-refractivity contribution is 6.34. The van der Waals surface area contributed by atoms with Crippen LogP contribution in [0.15, 0.2) is 12.2 Å². The third-order valence-corrected chi connectivity index (χ3v) is 1.98. The Labute approximate surface area is 84.1 Å². The van der Waals surface area contributed by atoms with Gasteiger partial charge in [-0.05, 0) is 33.6 Å². The molecule has 1 aliphatic rings. The van der Waals surface area contributed by atoms with Crippen LogP contribution in [0.1, 0.15) is 33.6 Å². The second-order valence-corrected chi connectivity index (χ2v) is 4.51. The molecular weight excluding hydrogens is 180 g/mol. The third-order valence-electron chi connectivity index (χ3n) is 1.98. The highest BCUT2D eigenvalue weighted by atomic mass is 16.6. The van der Waals surface area contributed by atoms with Crippen LogP contribution in [-0.2, 0) is 14.3 Å². The molecule has 0 amide bonds. The summed E-state index contributed by atoms with van der Waals surface area (Å²) in [5.41, 5.74) is -0.585. The van der Waals surface area contributed by atoms with E-state index in [4.69, 9.17) is 4.74 Å². The van der Waals surface area contributed by atoms with Crippen LogP contribution in [-0.4, -0.2) is 17.4 Å². The number of ether oxygens (including phenoxy) is 1. The average Bonchev–Trinajstić information content (AvgIpc) is 2.51. The van der Waals surface area contributed by atoms with E-state index in [0.29, 0.717) is 12.8 Å². The molecule has 3 heteroatoms. The van der Waals surface area contributed by atoms with Crippen LogP contribution in [0.25, 0.3) is 0 Å². The summed E-state index contributed by atoms with van der Waals surface area (Å²) in [5, 5.41) is 0. The zero-order valence-corrected chi connectivity index (χ0v) is 8.87. The molecule has 0 aromatic heterocycles. The summed E-state index contributed by atoms with van der Waals surface area (Å²) in [6, 6.07) is 0. The van der Waals surface area contributed by atoms with E-state index in [1.54, 1.807) is 20.8 Å². The van der Waals surface area contributed by atoms with Crippen LogP contribution in [0.5, 0.6) is 0 Å². The second-order valence-electron chi connectivity index (χ2n) is 4.51. The fourth-order valence-corrected chi connectivity index (χ4v) is 1.33. The maximum atomic E-state index is 11.5. The van der Waals surface area contributed by atoms with Crippen molar-refractivity contribution < 1.29 is 14.3 Å². The quantitative estimate of drug-likeness (QED) is 0.384. The Kier molecular flexibility index (Phi) is 3.09. The molecule has 0 fully saturated rings. The van der Waals surface area contributed by atoms with Crippen molar-refractivity contribution in [1.29, 1.82) is 0 Å². The van der Waals surface area contributed by atoms with E-state index in [-0.39, 0.29) is 5.92 Å². The lowest BCUT2D eigenvalue weighted by Crippen LogP contribution is -2.32. The van der Waals surface area contributed by atoms with Crippen LogP contribution in [0.2, 0.25) is 0 Å². The number of carbonyl (C=O) groups is 2. The van der Waals surface area contributed by atoms with Gasteiger partial charge in [0.15, 0.2) is 0 Å². The first-order valence-electron chi connectivity index (χ1n) is 4.82. The number of ketones is 1. The predicted molar refractivity (Wildman–Crippen MR) is 52.7 cm³/mol. The third kappa shape index (κ3) is 2.98. The zero-order valence-electron chi connectivity index (χ0n) is 8.87. The summed E-state index contributed by atoms with van der Waals surface area (Å²) >= 11 is 0. The van der Waals surface area contributed by atoms with E-state index < -0.39 is 17.4 Å². The van der Waals surface area contributed by atoms with Crippen molar-refractivity contribution in [2.75, 3.05) is 0 Å². The van der Waals surface area contributed by atoms with Gasteiger partial charge < -0.3 is 4.74 Å². The number of Topliss-reactive ketones (excluding diaryl/α,β-unsaturated/α-hetero) is 1. The molecule has 0 atom stereocenters. The Hall–Kier alpha value is -1.12. The van der Waals surface area contributed by atoms with Gasteiger partial charge in [0, 0.05) is 5.92 Å². The lowest BCUT2D eigenvalue weighted by Gasteiger charge is -2.19. The minimum atomic E-state index is -0.703. The summed E-state index contributed by atoms with van der Waals surface area (Å²) in [6.07, 6.45) is 5.18. The second kappa shape index (κ2) is 3.95. The van der Waals surface area contributed by atoms with Gasteiger partial charge in [-0.2, -0.15) is 0 Å². The van der Waals surface area contributed by atoms with Crippen molar-refractivity contribution >= 4 is 11.8 Å². The average molecular weight is 196 g/mol. The van der Waals surface area contributed by atoms with Gasteiger partial charge in [-0.1, -0.05) is 12.2 Å². The number of allylic oxidation sites excluding steroid dienone is 2. The van der Waals surface area contributed by atoms with Crippen LogP contribution in [0, 0.1) is 5.92 Å². The lowest BCUT2D eigenvalue weighted by molar-refractivity contribution is -0.163. The van der Waals surface area contributed by atoms with Crippen LogP contribution in [0.3, 0.4) is 0 Å². The van der Waals surface area contributed by atoms with E-state index in [1.165, 1.54) is 0 Å². The van der Waals surface area contributed by atoms with Crippen molar-refractivity contribution in [3.8, 4) is 0 Å². The number of hydrogen-bond acceptors (Lipinski definition) is 3. The molecule has 0 heterocycles. The Morgan fingerprint density at radius 3 is 2.14 bits per heavy atom. The molecule has 3 nitrogen and oxygen atoms in total. The molecule has 0 radical (unpaired) electrons. The number of carbonyl (C=O) groups excluding carboxylic acids is 2. The molecule has 1 aliphatic carbocycles. The Bertz CT molecular complexity index is 263. The molecule has 0 N–H and O–H groups in total. The van der Waals surface area contributed by atoms with E-state index in [2.05, 4.69) is 0 Å². The zero-order chi connectivity index (χ0) is 10.8. The standard InChI is InChI=1S/C11H16O3/c1-11(2,3)14-10(13)9(12)8-6-4-5-7-8/h4-5,8H,6-7H2,1-3H3. The topological polar surface area (TPSA) is 43.4 Å². The number of rotatable bonds is 2. The molecule has 1 rings (SSSR count). The SMILES string of the molecule is CC(C)(C)OC(=O)C(=O)C1CC=CC1. The van der Waals surface area contributed by atoms with Crippen molar-refractivity contribution in [3.05, 3.63) is 12.2 Å². The van der Waals surface area contributed by atoms with Gasteiger partial charge in [0.25, 0.3) is 0 Å². The molecule has 0 saturated carbocycles. The molecule has 0 aliphatic heterocycles. The molecule has 78 valence electrons. The van der Waals surface area contributed by atoms with E-state index in [9.17, 15) is 9.59 Å². The van der Waals surface area contributed by atoms with Crippen molar-refractivity contribution in [2.45, 2.75) is 39.2 Å². The Morgan fingerprint density at radius 1 is 1.21 bits per heavy atom. The van der Waals surface area contributed by atoms with E-state index in [0.717, 1.165) is 0 Å². The fraction of sp³-hybridized carbons (Fsp3) is 0.636. The minimum Gasteiger partial charge on any atom is -0.454 e. The van der Waals surface area contributed by atoms with Gasteiger partial charge >= 0.3 is 5.97 Å². The van der Waals surface area contributed by atoms with Gasteiger partial charge in [0.05, 0.1) is 0 Å². The summed E-state index contributed by atoms with van der Waals surface area (Å²) in [7, 11) is 0. The monoisotopic (exact) mass is 196 g/mol. The van der Waals surface area contributed by atoms with Gasteiger partial charge in [-0.3, -0.25) is 4.79 Å². The highest BCUT2D eigenvalue weighted by Gasteiger charge is 2.29. The summed E-state index contributed by atoms with van der Waals surface area (Å²) in [5.74, 6) is -1.29. The fourth-order valence-electron chi connectivity index (χ4n) is 1.33.